The maximum Gasteiger partial charge on any atom is 0.306 e. The molecular formula is C70H127NO10. The Morgan fingerprint density at radius 1 is 0.481 bits per heavy atom. The molecule has 1 saturated heterocycles. The largest absolute Gasteiger partial charge is 0.454 e. The maximum absolute atomic E-state index is 13.4. The number of aliphatic hydroxyl groups is 5. The second-order valence-corrected chi connectivity index (χ2v) is 23.6. The third kappa shape index (κ3) is 45.4. The molecule has 81 heavy (non-hydrogen) atoms. The molecule has 6 N–H and O–H groups in total. The zero-order valence-corrected chi connectivity index (χ0v) is 52.4. The highest BCUT2D eigenvalue weighted by molar-refractivity contribution is 5.80. The van der Waals surface area contributed by atoms with E-state index in [2.05, 4.69) is 74.7 Å². The van der Waals surface area contributed by atoms with E-state index in [0.717, 1.165) is 70.6 Å². The van der Waals surface area contributed by atoms with E-state index < -0.39 is 67.4 Å². The molecule has 472 valence electrons. The summed E-state index contributed by atoms with van der Waals surface area (Å²) in [5.41, 5.74) is 0. The predicted octanol–water partition coefficient (Wildman–Crippen LogP) is 17.0. The molecule has 0 aromatic carbocycles. The lowest BCUT2D eigenvalue weighted by molar-refractivity contribution is -0.305. The van der Waals surface area contributed by atoms with E-state index in [4.69, 9.17) is 14.2 Å². The van der Waals surface area contributed by atoms with Gasteiger partial charge in [-0.25, -0.2) is 0 Å². The lowest BCUT2D eigenvalue weighted by Gasteiger charge is -2.41. The first kappa shape index (κ1) is 76.4. The number of aliphatic hydroxyl groups excluding tert-OH is 5. The molecule has 0 saturated carbocycles. The first-order valence-corrected chi connectivity index (χ1v) is 34.1. The first-order valence-electron chi connectivity index (χ1n) is 34.1. The number of hydrogen-bond donors (Lipinski definition) is 6. The van der Waals surface area contributed by atoms with Crippen molar-refractivity contribution < 1.29 is 49.3 Å². The summed E-state index contributed by atoms with van der Waals surface area (Å²) in [5.74, 6) is -1.21. The van der Waals surface area contributed by atoms with Gasteiger partial charge in [-0.1, -0.05) is 274 Å². The van der Waals surface area contributed by atoms with Gasteiger partial charge in [0.1, 0.15) is 24.4 Å². The van der Waals surface area contributed by atoms with Gasteiger partial charge in [0.25, 0.3) is 0 Å². The number of allylic oxidation sites excluding steroid dienone is 9. The number of carbonyl (C=O) groups is 2. The van der Waals surface area contributed by atoms with Crippen LogP contribution in [-0.4, -0.2) is 99.6 Å². The fourth-order valence-electron chi connectivity index (χ4n) is 10.5. The van der Waals surface area contributed by atoms with Gasteiger partial charge in [-0.15, -0.1) is 0 Å². The summed E-state index contributed by atoms with van der Waals surface area (Å²) in [6, 6.07) is -1.03. The van der Waals surface area contributed by atoms with Crippen LogP contribution < -0.4 is 5.32 Å². The van der Waals surface area contributed by atoms with Crippen molar-refractivity contribution in [3.63, 3.8) is 0 Å². The fraction of sp³-hybridized carbons (Fsp3) is 0.829. The quantitative estimate of drug-likeness (QED) is 0.0195. The van der Waals surface area contributed by atoms with Crippen LogP contribution >= 0.6 is 0 Å². The van der Waals surface area contributed by atoms with E-state index >= 15 is 0 Å². The van der Waals surface area contributed by atoms with E-state index in [1.54, 1.807) is 6.08 Å². The predicted molar refractivity (Wildman–Crippen MR) is 338 cm³/mol. The van der Waals surface area contributed by atoms with Crippen molar-refractivity contribution in [1.82, 2.24) is 5.32 Å². The van der Waals surface area contributed by atoms with Gasteiger partial charge in [0.15, 0.2) is 12.4 Å². The number of rotatable bonds is 58. The van der Waals surface area contributed by atoms with Gasteiger partial charge in [-0.2, -0.15) is 0 Å². The molecule has 0 radical (unpaired) electrons. The topological polar surface area (TPSA) is 175 Å². The van der Waals surface area contributed by atoms with Crippen LogP contribution in [0.15, 0.2) is 60.8 Å². The Kier molecular flexibility index (Phi) is 54.5. The van der Waals surface area contributed by atoms with Gasteiger partial charge >= 0.3 is 5.97 Å². The molecule has 0 aliphatic carbocycles. The number of unbranched alkanes of at least 4 members (excludes halogenated alkanes) is 36. The first-order chi connectivity index (χ1) is 39.7. The van der Waals surface area contributed by atoms with Crippen molar-refractivity contribution in [2.24, 2.45) is 0 Å². The number of ether oxygens (including phenoxy) is 3. The summed E-state index contributed by atoms with van der Waals surface area (Å²) in [4.78, 5) is 26.6. The van der Waals surface area contributed by atoms with Crippen molar-refractivity contribution in [3.8, 4) is 0 Å². The highest BCUT2D eigenvalue weighted by atomic mass is 16.7. The van der Waals surface area contributed by atoms with Crippen LogP contribution in [0.2, 0.25) is 0 Å². The number of hydrogen-bond acceptors (Lipinski definition) is 10. The molecule has 1 amide bonds. The molecule has 11 nitrogen and oxygen atoms in total. The number of amides is 1. The summed E-state index contributed by atoms with van der Waals surface area (Å²) in [5, 5.41) is 57.0. The average molecular weight is 1140 g/mol. The van der Waals surface area contributed by atoms with E-state index in [-0.39, 0.29) is 19.4 Å². The van der Waals surface area contributed by atoms with Crippen molar-refractivity contribution in [2.75, 3.05) is 13.2 Å². The fourth-order valence-corrected chi connectivity index (χ4v) is 10.5. The van der Waals surface area contributed by atoms with E-state index in [0.29, 0.717) is 12.8 Å². The minimum absolute atomic E-state index is 0.121. The Morgan fingerprint density at radius 2 is 0.852 bits per heavy atom. The van der Waals surface area contributed by atoms with Crippen molar-refractivity contribution in [3.05, 3.63) is 60.8 Å². The summed E-state index contributed by atoms with van der Waals surface area (Å²) in [6.45, 7) is 5.76. The van der Waals surface area contributed by atoms with Crippen molar-refractivity contribution >= 4 is 11.9 Å². The highest BCUT2D eigenvalue weighted by Crippen LogP contribution is 2.26. The maximum atomic E-state index is 13.4. The monoisotopic (exact) mass is 1140 g/mol. The van der Waals surface area contributed by atoms with Crippen LogP contribution in [0.1, 0.15) is 310 Å². The normalized spacial score (nSPS) is 19.0. The van der Waals surface area contributed by atoms with Gasteiger partial charge in [-0.3, -0.25) is 9.59 Å². The average Bonchev–Trinajstić information content (AvgIpc) is 3.50. The zero-order valence-electron chi connectivity index (χ0n) is 52.4. The standard InChI is InChI=1S/C70H127NO10/c1-4-7-10-13-16-19-22-25-26-27-28-29-30-31-32-33-34-35-36-37-38-40-43-46-49-52-55-58-65(75)81-68-67(77)66(76)64(59-72)80-70(68)79-60-61(62(73)56-53-50-47-44-42-39-23-20-17-14-11-8-5-2)71-69(78)63(74)57-54-51-48-45-41-24-21-18-15-12-9-6-3/h16,19,25-26,28-29,41,45,53,56,61-64,66-68,70,72-74,76-77H,4-15,17-18,20-24,27,30-40,42-44,46-52,54-55,57-60H2,1-3H3,(H,71,78)/b19-16-,26-25-,29-28-,45-41-,56-53+. The van der Waals surface area contributed by atoms with Crippen LogP contribution in [0.5, 0.6) is 0 Å². The number of carbonyl (C=O) groups excluding carboxylic acids is 2. The Balaban J connectivity index is 2.55. The molecule has 0 spiro atoms. The van der Waals surface area contributed by atoms with Gasteiger partial charge in [-0.05, 0) is 89.9 Å². The van der Waals surface area contributed by atoms with E-state index in [1.807, 2.05) is 6.08 Å². The second kappa shape index (κ2) is 57.8. The Labute approximate surface area is 497 Å². The molecular weight excluding hydrogens is 1010 g/mol. The molecule has 0 bridgehead atoms. The molecule has 1 fully saturated rings. The lowest BCUT2D eigenvalue weighted by atomic mass is 9.99. The summed E-state index contributed by atoms with van der Waals surface area (Å²) < 4.78 is 17.7. The Hall–Kier alpha value is -2.64. The van der Waals surface area contributed by atoms with Crippen LogP contribution in [0.3, 0.4) is 0 Å². The number of nitrogens with one attached hydrogen (secondary N) is 1. The van der Waals surface area contributed by atoms with Gasteiger partial charge in [0, 0.05) is 6.42 Å². The molecule has 11 heteroatoms. The van der Waals surface area contributed by atoms with Crippen LogP contribution in [0, 0.1) is 0 Å². The van der Waals surface area contributed by atoms with E-state index in [9.17, 15) is 35.1 Å². The SMILES string of the molecule is CCCCC/C=C\C/C=C\C/C=C\CCCCCCCCCCCCCCCCC(=O)OC1C(OCC(NC(=O)C(O)CCCC/C=C\CCCCCCCC)C(O)/C=C/CCCCCCCCCCCCC)OC(CO)C(O)C1O. The smallest absolute Gasteiger partial charge is 0.306 e. The van der Waals surface area contributed by atoms with Crippen LogP contribution in [0.4, 0.5) is 0 Å². The van der Waals surface area contributed by atoms with Crippen LogP contribution in [-0.2, 0) is 23.8 Å². The lowest BCUT2D eigenvalue weighted by Crippen LogP contribution is -2.61. The Morgan fingerprint density at radius 3 is 1.31 bits per heavy atom. The summed E-state index contributed by atoms with van der Waals surface area (Å²) in [6.07, 6.45) is 62.7. The van der Waals surface area contributed by atoms with Crippen LogP contribution in [0.25, 0.3) is 0 Å². The minimum atomic E-state index is -1.62. The molecule has 0 aromatic heterocycles. The Bertz CT molecular complexity index is 1550. The molecule has 8 unspecified atom stereocenters. The van der Waals surface area contributed by atoms with Crippen molar-refractivity contribution in [1.29, 1.82) is 0 Å². The molecule has 1 aliphatic rings. The van der Waals surface area contributed by atoms with Gasteiger partial charge < -0.3 is 45.1 Å². The zero-order chi connectivity index (χ0) is 58.9. The summed E-state index contributed by atoms with van der Waals surface area (Å²) >= 11 is 0. The number of esters is 1. The minimum Gasteiger partial charge on any atom is -0.454 e. The highest BCUT2D eigenvalue weighted by Gasteiger charge is 2.47. The molecule has 1 aliphatic heterocycles. The van der Waals surface area contributed by atoms with E-state index in [1.165, 1.54) is 193 Å². The second-order valence-electron chi connectivity index (χ2n) is 23.6. The molecule has 8 atom stereocenters. The molecule has 1 rings (SSSR count). The molecule has 0 aromatic rings. The van der Waals surface area contributed by atoms with Crippen molar-refractivity contribution in [2.45, 2.75) is 359 Å². The van der Waals surface area contributed by atoms with Gasteiger partial charge in [0.2, 0.25) is 5.91 Å². The third-order valence-corrected chi connectivity index (χ3v) is 15.9. The van der Waals surface area contributed by atoms with Gasteiger partial charge in [0.05, 0.1) is 25.4 Å². The molecule has 1 heterocycles. The third-order valence-electron chi connectivity index (χ3n) is 15.9. The summed E-state index contributed by atoms with van der Waals surface area (Å²) in [7, 11) is 0.